The number of benzene rings is 1. The summed E-state index contributed by atoms with van der Waals surface area (Å²) in [4.78, 5) is 4.94. The molecule has 1 fully saturated rings. The molecule has 1 aliphatic rings. The number of likely N-dealkylation sites (N-methyl/N-ethyl adjacent to an activating group) is 1. The predicted octanol–water partition coefficient (Wildman–Crippen LogP) is 3.31. The molecule has 0 amide bonds. The Labute approximate surface area is 136 Å². The van der Waals surface area contributed by atoms with Gasteiger partial charge in [-0.25, -0.2) is 0 Å². The van der Waals surface area contributed by atoms with E-state index >= 15 is 0 Å². The van der Waals surface area contributed by atoms with Gasteiger partial charge in [0.25, 0.3) is 0 Å². The van der Waals surface area contributed by atoms with Crippen molar-refractivity contribution in [3.8, 4) is 5.75 Å². The van der Waals surface area contributed by atoms with Gasteiger partial charge >= 0.3 is 0 Å². The fourth-order valence-electron chi connectivity index (χ4n) is 2.82. The molecular formula is C19H32N2O. The zero-order valence-electron chi connectivity index (χ0n) is 15.0. The van der Waals surface area contributed by atoms with Crippen LogP contribution >= 0.6 is 0 Å². The molecular weight excluding hydrogens is 272 g/mol. The van der Waals surface area contributed by atoms with Crippen molar-refractivity contribution in [1.82, 2.24) is 9.80 Å². The number of nitrogens with zero attached hydrogens (tertiary/aromatic N) is 2. The highest BCUT2D eigenvalue weighted by atomic mass is 16.5. The van der Waals surface area contributed by atoms with Gasteiger partial charge < -0.3 is 14.5 Å². The van der Waals surface area contributed by atoms with Crippen molar-refractivity contribution < 1.29 is 4.74 Å². The second-order valence-corrected chi connectivity index (χ2v) is 7.58. The Hall–Kier alpha value is -1.06. The quantitative estimate of drug-likeness (QED) is 0.776. The molecule has 1 heterocycles. The van der Waals surface area contributed by atoms with Gasteiger partial charge in [-0.05, 0) is 43.0 Å². The van der Waals surface area contributed by atoms with Crippen LogP contribution in [0.15, 0.2) is 18.2 Å². The highest BCUT2D eigenvalue weighted by molar-refractivity contribution is 5.38. The van der Waals surface area contributed by atoms with E-state index < -0.39 is 0 Å². The summed E-state index contributed by atoms with van der Waals surface area (Å²) in [7, 11) is 2.20. The Morgan fingerprint density at radius 1 is 1.09 bits per heavy atom. The van der Waals surface area contributed by atoms with Gasteiger partial charge in [0.05, 0.1) is 6.61 Å². The summed E-state index contributed by atoms with van der Waals surface area (Å²) >= 11 is 0. The maximum Gasteiger partial charge on any atom is 0.122 e. The Kier molecular flexibility index (Phi) is 5.87. The van der Waals surface area contributed by atoms with Gasteiger partial charge in [0, 0.05) is 32.7 Å². The van der Waals surface area contributed by atoms with Crippen molar-refractivity contribution >= 4 is 0 Å². The van der Waals surface area contributed by atoms with Crippen LogP contribution in [0, 0.1) is 6.92 Å². The van der Waals surface area contributed by atoms with Crippen LogP contribution in [0.3, 0.4) is 0 Å². The van der Waals surface area contributed by atoms with Crippen LogP contribution < -0.4 is 4.74 Å². The van der Waals surface area contributed by atoms with Crippen molar-refractivity contribution in [2.45, 2.75) is 39.5 Å². The van der Waals surface area contributed by atoms with E-state index in [1.165, 1.54) is 37.3 Å². The first-order valence-electron chi connectivity index (χ1n) is 8.51. The molecule has 0 bridgehead atoms. The minimum absolute atomic E-state index is 0.199. The van der Waals surface area contributed by atoms with E-state index in [4.69, 9.17) is 4.74 Å². The van der Waals surface area contributed by atoms with Gasteiger partial charge in [-0.3, -0.25) is 0 Å². The van der Waals surface area contributed by atoms with Gasteiger partial charge in [-0.2, -0.15) is 0 Å². The molecule has 0 unspecified atom stereocenters. The minimum Gasteiger partial charge on any atom is -0.493 e. The predicted molar refractivity (Wildman–Crippen MR) is 93.9 cm³/mol. The van der Waals surface area contributed by atoms with Gasteiger partial charge in [0.1, 0.15) is 5.75 Å². The molecule has 0 N–H and O–H groups in total. The third kappa shape index (κ3) is 4.99. The fourth-order valence-corrected chi connectivity index (χ4v) is 2.82. The summed E-state index contributed by atoms with van der Waals surface area (Å²) in [5.41, 5.74) is 2.81. The number of piperazine rings is 1. The first kappa shape index (κ1) is 17.3. The molecule has 0 aromatic heterocycles. The topological polar surface area (TPSA) is 15.7 Å². The molecule has 3 heteroatoms. The third-order valence-electron chi connectivity index (χ3n) is 4.51. The molecule has 22 heavy (non-hydrogen) atoms. The molecule has 0 radical (unpaired) electrons. The second-order valence-electron chi connectivity index (χ2n) is 7.58. The SMILES string of the molecule is Cc1cc(C(C)(C)C)ccc1OCCCN1CCN(C)CC1. The zero-order chi connectivity index (χ0) is 16.2. The largest absolute Gasteiger partial charge is 0.493 e. The summed E-state index contributed by atoms with van der Waals surface area (Å²) in [5, 5.41) is 0. The number of rotatable bonds is 5. The lowest BCUT2D eigenvalue weighted by molar-refractivity contribution is 0.145. The molecule has 0 saturated carbocycles. The highest BCUT2D eigenvalue weighted by Gasteiger charge is 2.15. The Balaban J connectivity index is 1.75. The standard InChI is InChI=1S/C19H32N2O/c1-16-15-17(19(2,3)4)7-8-18(16)22-14-6-9-21-12-10-20(5)11-13-21/h7-8,15H,6,9-14H2,1-5H3. The molecule has 0 atom stereocenters. The number of aryl methyl sites for hydroxylation is 1. The van der Waals surface area contributed by atoms with Gasteiger partial charge in [0.2, 0.25) is 0 Å². The summed E-state index contributed by atoms with van der Waals surface area (Å²) in [6.45, 7) is 15.6. The number of ether oxygens (including phenoxy) is 1. The molecule has 124 valence electrons. The fraction of sp³-hybridized carbons (Fsp3) is 0.684. The molecule has 1 aromatic rings. The van der Waals surface area contributed by atoms with Crippen molar-refractivity contribution in [1.29, 1.82) is 0 Å². The van der Waals surface area contributed by atoms with E-state index in [1.807, 2.05) is 0 Å². The van der Waals surface area contributed by atoms with Crippen LogP contribution in [0.4, 0.5) is 0 Å². The van der Waals surface area contributed by atoms with Gasteiger partial charge in [0.15, 0.2) is 0 Å². The average Bonchev–Trinajstić information content (AvgIpc) is 2.45. The van der Waals surface area contributed by atoms with Crippen molar-refractivity contribution in [3.05, 3.63) is 29.3 Å². The molecule has 0 spiro atoms. The monoisotopic (exact) mass is 304 g/mol. The molecule has 1 aromatic carbocycles. The molecule has 1 saturated heterocycles. The van der Waals surface area contributed by atoms with Crippen LogP contribution in [-0.2, 0) is 5.41 Å². The lowest BCUT2D eigenvalue weighted by Gasteiger charge is -2.32. The normalized spacial score (nSPS) is 17.7. The van der Waals surface area contributed by atoms with E-state index in [2.05, 4.69) is 62.7 Å². The Morgan fingerprint density at radius 3 is 2.36 bits per heavy atom. The molecule has 2 rings (SSSR count). The maximum absolute atomic E-state index is 5.98. The van der Waals surface area contributed by atoms with Crippen LogP contribution in [0.25, 0.3) is 0 Å². The van der Waals surface area contributed by atoms with Crippen LogP contribution in [0.5, 0.6) is 5.75 Å². The van der Waals surface area contributed by atoms with Crippen LogP contribution in [0.1, 0.15) is 38.3 Å². The van der Waals surface area contributed by atoms with Crippen molar-refractivity contribution in [2.24, 2.45) is 0 Å². The van der Waals surface area contributed by atoms with E-state index in [1.54, 1.807) is 0 Å². The summed E-state index contributed by atoms with van der Waals surface area (Å²) < 4.78 is 5.98. The second kappa shape index (κ2) is 7.47. The van der Waals surface area contributed by atoms with Crippen molar-refractivity contribution in [2.75, 3.05) is 46.4 Å². The van der Waals surface area contributed by atoms with Gasteiger partial charge in [-0.15, -0.1) is 0 Å². The summed E-state index contributed by atoms with van der Waals surface area (Å²) in [5.74, 6) is 1.03. The highest BCUT2D eigenvalue weighted by Crippen LogP contribution is 2.27. The van der Waals surface area contributed by atoms with Crippen LogP contribution in [0.2, 0.25) is 0 Å². The van der Waals surface area contributed by atoms with Crippen molar-refractivity contribution in [3.63, 3.8) is 0 Å². The average molecular weight is 304 g/mol. The molecule has 0 aliphatic carbocycles. The summed E-state index contributed by atoms with van der Waals surface area (Å²) in [6.07, 6.45) is 1.10. The third-order valence-corrected chi connectivity index (χ3v) is 4.51. The van der Waals surface area contributed by atoms with E-state index in [0.717, 1.165) is 25.3 Å². The first-order valence-corrected chi connectivity index (χ1v) is 8.51. The maximum atomic E-state index is 5.98. The van der Waals surface area contributed by atoms with E-state index in [-0.39, 0.29) is 5.41 Å². The number of hydrogen-bond acceptors (Lipinski definition) is 3. The zero-order valence-corrected chi connectivity index (χ0v) is 15.0. The Morgan fingerprint density at radius 2 is 1.77 bits per heavy atom. The molecule has 1 aliphatic heterocycles. The van der Waals surface area contributed by atoms with Gasteiger partial charge in [-0.1, -0.05) is 32.9 Å². The minimum atomic E-state index is 0.199. The first-order chi connectivity index (χ1) is 10.4. The lowest BCUT2D eigenvalue weighted by Crippen LogP contribution is -2.44. The van der Waals surface area contributed by atoms with E-state index in [9.17, 15) is 0 Å². The molecule has 3 nitrogen and oxygen atoms in total. The number of hydrogen-bond donors (Lipinski definition) is 0. The van der Waals surface area contributed by atoms with E-state index in [0.29, 0.717) is 0 Å². The lowest BCUT2D eigenvalue weighted by atomic mass is 9.86. The Bertz CT molecular complexity index is 471. The smallest absolute Gasteiger partial charge is 0.122 e. The summed E-state index contributed by atoms with van der Waals surface area (Å²) in [6, 6.07) is 6.59. The van der Waals surface area contributed by atoms with Crippen LogP contribution in [-0.4, -0.2) is 56.2 Å².